The predicted molar refractivity (Wildman–Crippen MR) is 113 cm³/mol. The standard InChI is InChI=1S/C21H16ClN5O3/c22-15-10-13(26-21-20-16(23-12-24-21)6-7-27(20)8-9-28)4-5-19(15)29-17-2-1-3-18-14(17)11-25-30-18/h1-7,10-12,28H,8-9H2,(H,23,24,26). The van der Waals surface area contributed by atoms with E-state index in [0.717, 1.165) is 22.1 Å². The summed E-state index contributed by atoms with van der Waals surface area (Å²) >= 11 is 6.47. The van der Waals surface area contributed by atoms with Crippen LogP contribution in [0.5, 0.6) is 11.5 Å². The quantitative estimate of drug-likeness (QED) is 0.408. The van der Waals surface area contributed by atoms with E-state index in [1.807, 2.05) is 41.1 Å². The fourth-order valence-electron chi connectivity index (χ4n) is 3.29. The lowest BCUT2D eigenvalue weighted by atomic mass is 10.2. The number of benzene rings is 2. The first-order valence-electron chi connectivity index (χ1n) is 9.21. The van der Waals surface area contributed by atoms with Crippen molar-refractivity contribution in [2.75, 3.05) is 11.9 Å². The number of rotatable bonds is 6. The van der Waals surface area contributed by atoms with Gasteiger partial charge >= 0.3 is 0 Å². The van der Waals surface area contributed by atoms with E-state index in [9.17, 15) is 5.11 Å². The number of aliphatic hydroxyl groups excluding tert-OH is 1. The first-order chi connectivity index (χ1) is 14.7. The summed E-state index contributed by atoms with van der Waals surface area (Å²) in [7, 11) is 0. The van der Waals surface area contributed by atoms with Crippen LogP contribution in [0.25, 0.3) is 22.0 Å². The Labute approximate surface area is 175 Å². The van der Waals surface area contributed by atoms with Gasteiger partial charge in [-0.1, -0.05) is 22.8 Å². The number of anilines is 2. The molecule has 3 heterocycles. The van der Waals surface area contributed by atoms with Crippen molar-refractivity contribution in [2.45, 2.75) is 6.54 Å². The van der Waals surface area contributed by atoms with Crippen LogP contribution < -0.4 is 10.1 Å². The smallest absolute Gasteiger partial charge is 0.170 e. The first-order valence-corrected chi connectivity index (χ1v) is 9.59. The second kappa shape index (κ2) is 7.66. The highest BCUT2D eigenvalue weighted by molar-refractivity contribution is 6.32. The minimum Gasteiger partial charge on any atom is -0.455 e. The van der Waals surface area contributed by atoms with Crippen LogP contribution in [-0.4, -0.2) is 31.4 Å². The number of ether oxygens (including phenoxy) is 1. The van der Waals surface area contributed by atoms with Gasteiger partial charge in [0.1, 0.15) is 23.3 Å². The molecule has 3 aromatic heterocycles. The van der Waals surface area contributed by atoms with Gasteiger partial charge in [-0.15, -0.1) is 0 Å². The molecule has 150 valence electrons. The van der Waals surface area contributed by atoms with Gasteiger partial charge in [-0.25, -0.2) is 9.97 Å². The average Bonchev–Trinajstić information content (AvgIpc) is 3.39. The Morgan fingerprint density at radius 1 is 1.13 bits per heavy atom. The number of hydrogen-bond donors (Lipinski definition) is 2. The highest BCUT2D eigenvalue weighted by Gasteiger charge is 2.12. The van der Waals surface area contributed by atoms with E-state index < -0.39 is 0 Å². The summed E-state index contributed by atoms with van der Waals surface area (Å²) in [5.74, 6) is 1.74. The zero-order chi connectivity index (χ0) is 20.5. The average molecular weight is 422 g/mol. The van der Waals surface area contributed by atoms with E-state index in [-0.39, 0.29) is 6.61 Å². The Kier molecular flexibility index (Phi) is 4.70. The van der Waals surface area contributed by atoms with Gasteiger partial charge in [0, 0.05) is 18.4 Å². The van der Waals surface area contributed by atoms with Crippen molar-refractivity contribution in [1.82, 2.24) is 19.7 Å². The van der Waals surface area contributed by atoms with Crippen LogP contribution in [0.1, 0.15) is 0 Å². The van der Waals surface area contributed by atoms with Gasteiger partial charge in [-0.05, 0) is 36.4 Å². The summed E-state index contributed by atoms with van der Waals surface area (Å²) in [5.41, 5.74) is 2.98. The monoisotopic (exact) mass is 421 g/mol. The van der Waals surface area contributed by atoms with Crippen LogP contribution in [0.3, 0.4) is 0 Å². The summed E-state index contributed by atoms with van der Waals surface area (Å²) in [5, 5.41) is 17.6. The molecule has 0 bridgehead atoms. The van der Waals surface area contributed by atoms with E-state index in [1.165, 1.54) is 6.33 Å². The van der Waals surface area contributed by atoms with Gasteiger partial charge in [0.2, 0.25) is 0 Å². The molecule has 5 aromatic rings. The van der Waals surface area contributed by atoms with Crippen LogP contribution >= 0.6 is 11.6 Å². The van der Waals surface area contributed by atoms with Crippen LogP contribution in [-0.2, 0) is 6.54 Å². The van der Waals surface area contributed by atoms with Crippen LogP contribution in [0.15, 0.2) is 65.7 Å². The summed E-state index contributed by atoms with van der Waals surface area (Å²) in [4.78, 5) is 8.62. The molecule has 2 N–H and O–H groups in total. The molecule has 30 heavy (non-hydrogen) atoms. The Morgan fingerprint density at radius 2 is 2.07 bits per heavy atom. The van der Waals surface area contributed by atoms with Crippen molar-refractivity contribution in [3.63, 3.8) is 0 Å². The topological polar surface area (TPSA) is 98.2 Å². The summed E-state index contributed by atoms with van der Waals surface area (Å²) < 4.78 is 13.0. The molecule has 0 unspecified atom stereocenters. The maximum absolute atomic E-state index is 9.30. The molecule has 0 saturated carbocycles. The number of fused-ring (bicyclic) bond motifs is 2. The number of aliphatic hydroxyl groups is 1. The Hall–Kier alpha value is -3.62. The van der Waals surface area contributed by atoms with Gasteiger partial charge in [-0.3, -0.25) is 0 Å². The van der Waals surface area contributed by atoms with Gasteiger partial charge < -0.3 is 24.3 Å². The normalized spacial score (nSPS) is 11.3. The molecule has 2 aromatic carbocycles. The van der Waals surface area contributed by atoms with Crippen molar-refractivity contribution in [3.05, 3.63) is 66.2 Å². The molecule has 0 spiro atoms. The minimum absolute atomic E-state index is 0.0227. The summed E-state index contributed by atoms with van der Waals surface area (Å²) in [6.45, 7) is 0.475. The molecule has 5 rings (SSSR count). The molecule has 9 heteroatoms. The zero-order valence-corrected chi connectivity index (χ0v) is 16.4. The molecule has 0 aliphatic rings. The Bertz CT molecular complexity index is 1350. The maximum atomic E-state index is 9.30. The number of hydrogen-bond acceptors (Lipinski definition) is 7. The maximum Gasteiger partial charge on any atom is 0.170 e. The molecule has 0 fully saturated rings. The van der Waals surface area contributed by atoms with Crippen molar-refractivity contribution in [3.8, 4) is 11.5 Å². The predicted octanol–water partition coefficient (Wildman–Crippen LogP) is 4.75. The summed E-state index contributed by atoms with van der Waals surface area (Å²) in [6.07, 6.45) is 4.97. The van der Waals surface area contributed by atoms with Gasteiger partial charge in [-0.2, -0.15) is 0 Å². The van der Waals surface area contributed by atoms with E-state index in [2.05, 4.69) is 20.4 Å². The van der Waals surface area contributed by atoms with E-state index in [4.69, 9.17) is 20.9 Å². The molecular weight excluding hydrogens is 406 g/mol. The third-order valence-corrected chi connectivity index (χ3v) is 4.96. The second-order valence-electron chi connectivity index (χ2n) is 6.55. The van der Waals surface area contributed by atoms with E-state index in [1.54, 1.807) is 18.3 Å². The minimum atomic E-state index is 0.0227. The van der Waals surface area contributed by atoms with E-state index >= 15 is 0 Å². The fraction of sp³-hybridized carbons (Fsp3) is 0.0952. The van der Waals surface area contributed by atoms with Crippen LogP contribution in [0.4, 0.5) is 11.5 Å². The van der Waals surface area contributed by atoms with Crippen molar-refractivity contribution in [2.24, 2.45) is 0 Å². The van der Waals surface area contributed by atoms with Crippen molar-refractivity contribution in [1.29, 1.82) is 0 Å². The molecule has 0 radical (unpaired) electrons. The SMILES string of the molecule is OCCn1ccc2ncnc(Nc3ccc(Oc4cccc5oncc45)c(Cl)c3)c21. The molecular formula is C21H16ClN5O3. The Morgan fingerprint density at radius 3 is 2.93 bits per heavy atom. The first kappa shape index (κ1) is 18.4. The van der Waals surface area contributed by atoms with Gasteiger partial charge in [0.25, 0.3) is 0 Å². The molecule has 0 aliphatic heterocycles. The largest absolute Gasteiger partial charge is 0.455 e. The lowest BCUT2D eigenvalue weighted by Gasteiger charge is -2.12. The number of aromatic nitrogens is 4. The van der Waals surface area contributed by atoms with Crippen LogP contribution in [0.2, 0.25) is 5.02 Å². The van der Waals surface area contributed by atoms with Gasteiger partial charge in [0.15, 0.2) is 11.4 Å². The molecule has 0 atom stereocenters. The lowest BCUT2D eigenvalue weighted by molar-refractivity contribution is 0.278. The highest BCUT2D eigenvalue weighted by atomic mass is 35.5. The fourth-order valence-corrected chi connectivity index (χ4v) is 3.51. The number of nitrogens with zero attached hydrogens (tertiary/aromatic N) is 4. The molecule has 0 aliphatic carbocycles. The Balaban J connectivity index is 1.44. The zero-order valence-electron chi connectivity index (χ0n) is 15.6. The second-order valence-corrected chi connectivity index (χ2v) is 6.96. The molecule has 8 nitrogen and oxygen atoms in total. The lowest BCUT2D eigenvalue weighted by Crippen LogP contribution is -2.04. The number of nitrogens with one attached hydrogen (secondary N) is 1. The number of halogens is 1. The molecule has 0 amide bonds. The van der Waals surface area contributed by atoms with Crippen LogP contribution in [0, 0.1) is 0 Å². The third kappa shape index (κ3) is 3.32. The van der Waals surface area contributed by atoms with Crippen molar-refractivity contribution >= 4 is 45.1 Å². The third-order valence-electron chi connectivity index (χ3n) is 4.66. The van der Waals surface area contributed by atoms with Crippen molar-refractivity contribution < 1.29 is 14.4 Å². The molecule has 0 saturated heterocycles. The van der Waals surface area contributed by atoms with Gasteiger partial charge in [0.05, 0.1) is 28.7 Å². The summed E-state index contributed by atoms with van der Waals surface area (Å²) in [6, 6.07) is 12.7. The highest BCUT2D eigenvalue weighted by Crippen LogP contribution is 2.36. The van der Waals surface area contributed by atoms with E-state index in [0.29, 0.717) is 34.5 Å².